The van der Waals surface area contributed by atoms with Gasteiger partial charge in [-0.2, -0.15) is 0 Å². The summed E-state index contributed by atoms with van der Waals surface area (Å²) in [5, 5.41) is 0. The maximum Gasteiger partial charge on any atom is 0.0995 e. The number of imidazole rings is 1. The van der Waals surface area contributed by atoms with Gasteiger partial charge in [0.2, 0.25) is 0 Å². The van der Waals surface area contributed by atoms with Gasteiger partial charge in [-0.3, -0.25) is 0 Å². The van der Waals surface area contributed by atoms with E-state index >= 15 is 0 Å². The molecule has 2 N–H and O–H groups in total. The van der Waals surface area contributed by atoms with Crippen LogP contribution in [0.2, 0.25) is 0 Å². The molecule has 0 aliphatic rings. The van der Waals surface area contributed by atoms with Crippen LogP contribution in [0.25, 0.3) is 5.52 Å². The quantitative estimate of drug-likeness (QED) is 0.778. The van der Waals surface area contributed by atoms with E-state index in [1.54, 1.807) is 0 Å². The molecule has 0 amide bonds. The minimum atomic E-state index is 0.162. The number of aromatic nitrogens is 2. The van der Waals surface area contributed by atoms with E-state index in [2.05, 4.69) is 30.2 Å². The van der Waals surface area contributed by atoms with E-state index in [4.69, 9.17) is 5.73 Å². The second-order valence-electron chi connectivity index (χ2n) is 3.87. The summed E-state index contributed by atoms with van der Waals surface area (Å²) in [6.45, 7) is 4.07. The molecule has 0 saturated heterocycles. The molecule has 0 aromatic carbocycles. The summed E-state index contributed by atoms with van der Waals surface area (Å²) in [6, 6.07) is 4.36. The first-order valence-corrected chi connectivity index (χ1v) is 4.84. The topological polar surface area (TPSA) is 43.3 Å². The zero-order valence-corrected chi connectivity index (χ0v) is 8.57. The van der Waals surface area contributed by atoms with Crippen molar-refractivity contribution in [1.29, 1.82) is 0 Å². The summed E-state index contributed by atoms with van der Waals surface area (Å²) in [7, 11) is 0. The molecule has 74 valence electrons. The molecule has 0 saturated carbocycles. The molecular formula is C11H15N3. The lowest BCUT2D eigenvalue weighted by molar-refractivity contribution is 0.729. The number of nitrogens with zero attached hydrogens (tertiary/aromatic N) is 2. The van der Waals surface area contributed by atoms with Crippen LogP contribution in [0.3, 0.4) is 0 Å². The van der Waals surface area contributed by atoms with Gasteiger partial charge in [-0.15, -0.1) is 0 Å². The van der Waals surface area contributed by atoms with E-state index in [1.165, 1.54) is 5.56 Å². The highest BCUT2D eigenvalue weighted by Gasteiger charge is 2.05. The molecule has 2 aromatic heterocycles. The largest absolute Gasteiger partial charge is 0.328 e. The Morgan fingerprint density at radius 1 is 1.50 bits per heavy atom. The monoisotopic (exact) mass is 189 g/mol. The van der Waals surface area contributed by atoms with E-state index in [-0.39, 0.29) is 6.04 Å². The van der Waals surface area contributed by atoms with Crippen molar-refractivity contribution in [3.8, 4) is 0 Å². The summed E-state index contributed by atoms with van der Waals surface area (Å²) in [6.07, 6.45) is 4.76. The van der Waals surface area contributed by atoms with E-state index in [1.807, 2.05) is 17.7 Å². The molecule has 2 rings (SSSR count). The Bertz CT molecular complexity index is 443. The number of hydrogen-bond acceptors (Lipinski definition) is 2. The van der Waals surface area contributed by atoms with E-state index in [0.29, 0.717) is 0 Å². The third kappa shape index (κ3) is 1.63. The lowest BCUT2D eigenvalue weighted by atomic mass is 10.1. The number of fused-ring (bicyclic) bond motifs is 1. The van der Waals surface area contributed by atoms with Gasteiger partial charge in [0.1, 0.15) is 0 Å². The number of pyridine rings is 1. The molecule has 0 spiro atoms. The van der Waals surface area contributed by atoms with Crippen LogP contribution in [-0.4, -0.2) is 15.4 Å². The van der Waals surface area contributed by atoms with Gasteiger partial charge in [-0.25, -0.2) is 4.98 Å². The number of hydrogen-bond donors (Lipinski definition) is 1. The zero-order chi connectivity index (χ0) is 10.1. The Balaban J connectivity index is 2.47. The maximum absolute atomic E-state index is 5.76. The highest BCUT2D eigenvalue weighted by atomic mass is 15.0. The molecule has 0 bridgehead atoms. The molecular weight excluding hydrogens is 174 g/mol. The molecule has 3 nitrogen and oxygen atoms in total. The summed E-state index contributed by atoms with van der Waals surface area (Å²) in [5.41, 5.74) is 9.24. The van der Waals surface area contributed by atoms with Crippen LogP contribution in [0.15, 0.2) is 24.7 Å². The van der Waals surface area contributed by atoms with Crippen molar-refractivity contribution in [2.75, 3.05) is 0 Å². The second-order valence-corrected chi connectivity index (χ2v) is 3.87. The van der Waals surface area contributed by atoms with Gasteiger partial charge in [-0.05, 0) is 25.5 Å². The Hall–Kier alpha value is -1.35. The summed E-state index contributed by atoms with van der Waals surface area (Å²) >= 11 is 0. The van der Waals surface area contributed by atoms with Crippen molar-refractivity contribution in [1.82, 2.24) is 9.38 Å². The van der Waals surface area contributed by atoms with Crippen molar-refractivity contribution in [3.63, 3.8) is 0 Å². The normalized spacial score (nSPS) is 13.4. The van der Waals surface area contributed by atoms with Crippen LogP contribution >= 0.6 is 0 Å². The molecule has 2 heterocycles. The highest BCUT2D eigenvalue weighted by Crippen LogP contribution is 2.12. The number of rotatable bonds is 2. The number of aryl methyl sites for hydroxylation is 1. The second kappa shape index (κ2) is 3.42. The predicted molar refractivity (Wildman–Crippen MR) is 57.3 cm³/mol. The van der Waals surface area contributed by atoms with Crippen molar-refractivity contribution < 1.29 is 0 Å². The van der Waals surface area contributed by atoms with Crippen molar-refractivity contribution in [3.05, 3.63) is 35.9 Å². The fraction of sp³-hybridized carbons (Fsp3) is 0.364. The van der Waals surface area contributed by atoms with E-state index in [9.17, 15) is 0 Å². The Kier molecular flexibility index (Phi) is 2.25. The highest BCUT2D eigenvalue weighted by molar-refractivity contribution is 5.52. The Morgan fingerprint density at radius 2 is 2.29 bits per heavy atom. The van der Waals surface area contributed by atoms with Crippen LogP contribution in [0.4, 0.5) is 0 Å². The zero-order valence-electron chi connectivity index (χ0n) is 8.57. The van der Waals surface area contributed by atoms with Gasteiger partial charge in [0.05, 0.1) is 17.5 Å². The Labute approximate surface area is 83.6 Å². The van der Waals surface area contributed by atoms with Crippen molar-refractivity contribution >= 4 is 5.52 Å². The van der Waals surface area contributed by atoms with Gasteiger partial charge in [0.25, 0.3) is 0 Å². The molecule has 0 radical (unpaired) electrons. The van der Waals surface area contributed by atoms with Crippen LogP contribution in [0.1, 0.15) is 18.2 Å². The van der Waals surface area contributed by atoms with E-state index < -0.39 is 0 Å². The Morgan fingerprint density at radius 3 is 3.00 bits per heavy atom. The van der Waals surface area contributed by atoms with Gasteiger partial charge >= 0.3 is 0 Å². The van der Waals surface area contributed by atoms with Crippen LogP contribution in [0.5, 0.6) is 0 Å². The first-order valence-electron chi connectivity index (χ1n) is 4.84. The lowest BCUT2D eigenvalue weighted by Gasteiger charge is -2.02. The smallest absolute Gasteiger partial charge is 0.0995 e. The molecule has 14 heavy (non-hydrogen) atoms. The summed E-state index contributed by atoms with van der Waals surface area (Å²) < 4.78 is 2.05. The van der Waals surface area contributed by atoms with Crippen molar-refractivity contribution in [2.45, 2.75) is 26.3 Å². The first-order chi connectivity index (χ1) is 6.66. The molecule has 2 aromatic rings. The summed E-state index contributed by atoms with van der Waals surface area (Å²) in [4.78, 5) is 4.36. The van der Waals surface area contributed by atoms with Crippen LogP contribution < -0.4 is 5.73 Å². The molecule has 1 atom stereocenters. The molecule has 1 unspecified atom stereocenters. The van der Waals surface area contributed by atoms with Gasteiger partial charge in [-0.1, -0.05) is 6.07 Å². The average Bonchev–Trinajstić information content (AvgIpc) is 2.47. The minimum absolute atomic E-state index is 0.162. The lowest BCUT2D eigenvalue weighted by Crippen LogP contribution is -2.18. The summed E-state index contributed by atoms with van der Waals surface area (Å²) in [5.74, 6) is 0. The number of nitrogens with two attached hydrogens (primary N) is 1. The minimum Gasteiger partial charge on any atom is -0.328 e. The standard InChI is InChI=1S/C11H15N3/c1-8-3-4-11-10(5-9(2)12)13-7-14(11)6-8/h3-4,6-7,9H,5,12H2,1-2H3. The fourth-order valence-electron chi connectivity index (χ4n) is 1.63. The van der Waals surface area contributed by atoms with Crippen molar-refractivity contribution in [2.24, 2.45) is 5.73 Å². The molecule has 0 aliphatic heterocycles. The third-order valence-corrected chi connectivity index (χ3v) is 2.27. The molecule has 3 heteroatoms. The van der Waals surface area contributed by atoms with Gasteiger partial charge in [0.15, 0.2) is 0 Å². The maximum atomic E-state index is 5.76. The SMILES string of the molecule is Cc1ccc2c(CC(C)N)ncn2c1. The van der Waals surface area contributed by atoms with Crippen LogP contribution in [-0.2, 0) is 6.42 Å². The molecule has 0 fully saturated rings. The third-order valence-electron chi connectivity index (χ3n) is 2.27. The van der Waals surface area contributed by atoms with Gasteiger partial charge in [0, 0.05) is 18.7 Å². The average molecular weight is 189 g/mol. The predicted octanol–water partition coefficient (Wildman–Crippen LogP) is 1.53. The molecule has 0 aliphatic carbocycles. The van der Waals surface area contributed by atoms with Gasteiger partial charge < -0.3 is 10.1 Å². The first kappa shape index (κ1) is 9.21. The fourth-order valence-corrected chi connectivity index (χ4v) is 1.63. The van der Waals surface area contributed by atoms with Crippen LogP contribution in [0, 0.1) is 6.92 Å². The van der Waals surface area contributed by atoms with E-state index in [0.717, 1.165) is 17.6 Å².